The lowest BCUT2D eigenvalue weighted by Crippen LogP contribution is -2.32. The van der Waals surface area contributed by atoms with Crippen LogP contribution in [0.15, 0.2) is 18.2 Å². The summed E-state index contributed by atoms with van der Waals surface area (Å²) in [7, 11) is 3.57. The van der Waals surface area contributed by atoms with Crippen molar-refractivity contribution in [2.75, 3.05) is 14.2 Å². The molecule has 0 saturated heterocycles. The Hall–Kier alpha value is -1.02. The number of hydrogen-bond acceptors (Lipinski definition) is 2. The summed E-state index contributed by atoms with van der Waals surface area (Å²) in [6, 6.07) is 6.37. The van der Waals surface area contributed by atoms with Crippen LogP contribution in [0.1, 0.15) is 44.7 Å². The van der Waals surface area contributed by atoms with Crippen LogP contribution in [0.3, 0.4) is 0 Å². The highest BCUT2D eigenvalue weighted by atomic mass is 16.5. The smallest absolute Gasteiger partial charge is 0.122 e. The summed E-state index contributed by atoms with van der Waals surface area (Å²) in [5, 5.41) is 0. The molecule has 0 saturated carbocycles. The first-order valence-electron chi connectivity index (χ1n) is 7.47. The summed E-state index contributed by atoms with van der Waals surface area (Å²) in [5.41, 5.74) is 2.78. The average Bonchev–Trinajstić information content (AvgIpc) is 2.48. The van der Waals surface area contributed by atoms with Crippen molar-refractivity contribution in [1.82, 2.24) is 0 Å². The molecule has 2 rings (SSSR count). The molecule has 0 aliphatic heterocycles. The van der Waals surface area contributed by atoms with E-state index < -0.39 is 0 Å². The van der Waals surface area contributed by atoms with E-state index in [-0.39, 0.29) is 0 Å². The Morgan fingerprint density at radius 2 is 1.89 bits per heavy atom. The second-order valence-corrected chi connectivity index (χ2v) is 4.83. The van der Waals surface area contributed by atoms with Crippen molar-refractivity contribution in [2.45, 2.75) is 52.6 Å². The highest BCUT2D eigenvalue weighted by Crippen LogP contribution is 2.35. The zero-order chi connectivity index (χ0) is 14.3. The SMILES string of the molecule is CC.CCC[C@@H]1Cc2cccc(OC)c2C[C@H]1OC. The lowest BCUT2D eigenvalue weighted by molar-refractivity contribution is 0.0418. The molecule has 0 N–H and O–H groups in total. The van der Waals surface area contributed by atoms with Crippen molar-refractivity contribution in [3.8, 4) is 5.75 Å². The third kappa shape index (κ3) is 3.73. The zero-order valence-corrected chi connectivity index (χ0v) is 13.0. The molecule has 0 radical (unpaired) electrons. The topological polar surface area (TPSA) is 18.5 Å². The van der Waals surface area contributed by atoms with Gasteiger partial charge in [0.25, 0.3) is 0 Å². The monoisotopic (exact) mass is 264 g/mol. The van der Waals surface area contributed by atoms with Gasteiger partial charge in [0.15, 0.2) is 0 Å². The quantitative estimate of drug-likeness (QED) is 0.809. The maximum atomic E-state index is 5.66. The molecule has 0 fully saturated rings. The molecule has 108 valence electrons. The lowest BCUT2D eigenvalue weighted by atomic mass is 9.79. The number of benzene rings is 1. The van der Waals surface area contributed by atoms with Gasteiger partial charge in [-0.1, -0.05) is 39.3 Å². The van der Waals surface area contributed by atoms with Crippen LogP contribution in [0.4, 0.5) is 0 Å². The fourth-order valence-electron chi connectivity index (χ4n) is 2.94. The van der Waals surface area contributed by atoms with Gasteiger partial charge >= 0.3 is 0 Å². The van der Waals surface area contributed by atoms with Crippen LogP contribution in [0.2, 0.25) is 0 Å². The Morgan fingerprint density at radius 1 is 1.16 bits per heavy atom. The fourth-order valence-corrected chi connectivity index (χ4v) is 2.94. The molecule has 1 aliphatic carbocycles. The summed E-state index contributed by atoms with van der Waals surface area (Å²) >= 11 is 0. The van der Waals surface area contributed by atoms with Gasteiger partial charge in [-0.15, -0.1) is 0 Å². The second-order valence-electron chi connectivity index (χ2n) is 4.83. The Morgan fingerprint density at radius 3 is 2.47 bits per heavy atom. The Kier molecular flexibility index (Phi) is 6.93. The largest absolute Gasteiger partial charge is 0.496 e. The highest BCUT2D eigenvalue weighted by Gasteiger charge is 2.29. The second kappa shape index (κ2) is 8.21. The lowest BCUT2D eigenvalue weighted by Gasteiger charge is -2.32. The van der Waals surface area contributed by atoms with Crippen molar-refractivity contribution >= 4 is 0 Å². The van der Waals surface area contributed by atoms with E-state index in [1.54, 1.807) is 7.11 Å². The maximum absolute atomic E-state index is 5.66. The van der Waals surface area contributed by atoms with E-state index >= 15 is 0 Å². The Labute approximate surface area is 118 Å². The van der Waals surface area contributed by atoms with Crippen molar-refractivity contribution in [2.24, 2.45) is 5.92 Å². The van der Waals surface area contributed by atoms with E-state index in [2.05, 4.69) is 19.1 Å². The van der Waals surface area contributed by atoms with Crippen LogP contribution in [-0.4, -0.2) is 20.3 Å². The number of methoxy groups -OCH3 is 2. The van der Waals surface area contributed by atoms with E-state index in [1.807, 2.05) is 27.0 Å². The number of hydrogen-bond donors (Lipinski definition) is 0. The minimum absolute atomic E-state index is 0.346. The number of ether oxygens (including phenoxy) is 2. The minimum atomic E-state index is 0.346. The van der Waals surface area contributed by atoms with Gasteiger partial charge in [-0.3, -0.25) is 0 Å². The van der Waals surface area contributed by atoms with Gasteiger partial charge in [-0.05, 0) is 36.0 Å². The first kappa shape index (κ1) is 16.0. The predicted molar refractivity (Wildman–Crippen MR) is 80.9 cm³/mol. The predicted octanol–water partition coefficient (Wildman–Crippen LogP) is 4.25. The first-order chi connectivity index (χ1) is 9.30. The number of fused-ring (bicyclic) bond motifs is 1. The molecule has 2 nitrogen and oxygen atoms in total. The fraction of sp³-hybridized carbons (Fsp3) is 0.647. The summed E-state index contributed by atoms with van der Waals surface area (Å²) in [6.45, 7) is 6.24. The Balaban J connectivity index is 0.000000861. The van der Waals surface area contributed by atoms with Crippen LogP contribution in [-0.2, 0) is 17.6 Å². The van der Waals surface area contributed by atoms with E-state index in [4.69, 9.17) is 9.47 Å². The van der Waals surface area contributed by atoms with Crippen molar-refractivity contribution in [1.29, 1.82) is 0 Å². The molecule has 19 heavy (non-hydrogen) atoms. The van der Waals surface area contributed by atoms with Gasteiger partial charge in [0.05, 0.1) is 13.2 Å². The van der Waals surface area contributed by atoms with Crippen LogP contribution in [0, 0.1) is 5.92 Å². The maximum Gasteiger partial charge on any atom is 0.122 e. The Bertz CT molecular complexity index is 374. The summed E-state index contributed by atoms with van der Waals surface area (Å²) in [4.78, 5) is 0. The molecular formula is C17H28O2. The van der Waals surface area contributed by atoms with Crippen molar-refractivity contribution in [3.05, 3.63) is 29.3 Å². The molecule has 2 heteroatoms. The molecule has 0 spiro atoms. The van der Waals surface area contributed by atoms with Gasteiger partial charge < -0.3 is 9.47 Å². The highest BCUT2D eigenvalue weighted by molar-refractivity contribution is 5.42. The van der Waals surface area contributed by atoms with E-state index in [0.717, 1.165) is 18.6 Å². The van der Waals surface area contributed by atoms with Crippen LogP contribution in [0.5, 0.6) is 5.75 Å². The van der Waals surface area contributed by atoms with E-state index in [9.17, 15) is 0 Å². The molecule has 0 aromatic heterocycles. The normalized spacial score (nSPS) is 21.1. The molecule has 1 aromatic rings. The van der Waals surface area contributed by atoms with Crippen molar-refractivity contribution in [3.63, 3.8) is 0 Å². The molecule has 0 heterocycles. The standard InChI is InChI=1S/C15H22O2.C2H6/c1-4-6-12-9-11-7-5-8-14(16-2)13(11)10-15(12)17-3;1-2/h5,7-8,12,15H,4,6,9-10H2,1-3H3;1-2H3/t12-,15-;/m1./s1. The molecule has 0 unspecified atom stereocenters. The summed E-state index contributed by atoms with van der Waals surface area (Å²) < 4.78 is 11.1. The molecule has 0 amide bonds. The minimum Gasteiger partial charge on any atom is -0.496 e. The molecule has 2 atom stereocenters. The molecule has 1 aliphatic rings. The third-order valence-electron chi connectivity index (χ3n) is 3.83. The van der Waals surface area contributed by atoms with Gasteiger partial charge in [0.1, 0.15) is 5.75 Å². The average molecular weight is 264 g/mol. The van der Waals surface area contributed by atoms with Crippen molar-refractivity contribution < 1.29 is 9.47 Å². The molecule has 1 aromatic carbocycles. The summed E-state index contributed by atoms with van der Waals surface area (Å²) in [5.74, 6) is 1.67. The molecule has 0 bridgehead atoms. The van der Waals surface area contributed by atoms with Gasteiger partial charge in [-0.25, -0.2) is 0 Å². The zero-order valence-electron chi connectivity index (χ0n) is 13.0. The van der Waals surface area contributed by atoms with Gasteiger partial charge in [-0.2, -0.15) is 0 Å². The van der Waals surface area contributed by atoms with Crippen LogP contribution < -0.4 is 4.74 Å². The van der Waals surface area contributed by atoms with Gasteiger partial charge in [0, 0.05) is 13.5 Å². The van der Waals surface area contributed by atoms with E-state index in [1.165, 1.54) is 24.0 Å². The number of rotatable bonds is 4. The van der Waals surface area contributed by atoms with Crippen LogP contribution >= 0.6 is 0 Å². The van der Waals surface area contributed by atoms with Crippen LogP contribution in [0.25, 0.3) is 0 Å². The van der Waals surface area contributed by atoms with Gasteiger partial charge in [0.2, 0.25) is 0 Å². The molecular weight excluding hydrogens is 236 g/mol. The third-order valence-corrected chi connectivity index (χ3v) is 3.83. The first-order valence-corrected chi connectivity index (χ1v) is 7.47. The summed E-state index contributed by atoms with van der Waals surface area (Å²) in [6.07, 6.45) is 4.93. The van der Waals surface area contributed by atoms with E-state index in [0.29, 0.717) is 12.0 Å².